The van der Waals surface area contributed by atoms with Gasteiger partial charge >= 0.3 is 11.9 Å². The third-order valence-corrected chi connectivity index (χ3v) is 9.46. The Morgan fingerprint density at radius 3 is 1.96 bits per heavy atom. The van der Waals surface area contributed by atoms with E-state index in [4.69, 9.17) is 9.47 Å². The Hall–Kier alpha value is -3.27. The van der Waals surface area contributed by atoms with Crippen LogP contribution in [0.2, 0.25) is 0 Å². The summed E-state index contributed by atoms with van der Waals surface area (Å²) in [7, 11) is 0. The molecule has 10 heteroatoms. The van der Waals surface area contributed by atoms with Crippen LogP contribution in [0, 0.1) is 18.8 Å². The molecule has 1 aromatic carbocycles. The van der Waals surface area contributed by atoms with Gasteiger partial charge in [-0.15, -0.1) is 21.6 Å². The predicted octanol–water partition coefficient (Wildman–Crippen LogP) is 10.4. The number of hydrogen-bond donors (Lipinski definition) is 1. The Kier molecular flexibility index (Phi) is 17.6. The van der Waals surface area contributed by atoms with Crippen molar-refractivity contribution in [3.05, 3.63) is 34.2 Å². The summed E-state index contributed by atoms with van der Waals surface area (Å²) in [4.78, 5) is 40.9. The molecule has 0 fully saturated rings. The molecule has 2 atom stereocenters. The van der Waals surface area contributed by atoms with Crippen LogP contribution in [0.5, 0.6) is 0 Å². The number of nitrogens with zero attached hydrogens (tertiary/aromatic N) is 3. The van der Waals surface area contributed by atoms with Crippen LogP contribution in [0.15, 0.2) is 28.4 Å². The minimum absolute atomic E-state index is 0.132. The Balaban J connectivity index is 2.60. The average Bonchev–Trinajstić information content (AvgIpc) is 3.39. The maximum absolute atomic E-state index is 12.9. The molecule has 0 aliphatic heterocycles. The van der Waals surface area contributed by atoms with E-state index < -0.39 is 11.9 Å². The Morgan fingerprint density at radius 2 is 1.43 bits per heavy atom. The molecule has 2 unspecified atom stereocenters. The topological polar surface area (TPSA) is 110 Å². The monoisotopic (exact) mass is 656 g/mol. The van der Waals surface area contributed by atoms with E-state index >= 15 is 0 Å². The van der Waals surface area contributed by atoms with Crippen LogP contribution in [-0.2, 0) is 14.3 Å². The van der Waals surface area contributed by atoms with Gasteiger partial charge in [-0.05, 0) is 69.2 Å². The van der Waals surface area contributed by atoms with E-state index in [0.717, 1.165) is 43.0 Å². The largest absolute Gasteiger partial charge is 0.462 e. The molecule has 0 aliphatic carbocycles. The minimum atomic E-state index is -0.576. The molecule has 0 bridgehead atoms. The lowest BCUT2D eigenvalue weighted by atomic mass is 9.95. The summed E-state index contributed by atoms with van der Waals surface area (Å²) >= 11 is 1.04. The van der Waals surface area contributed by atoms with Gasteiger partial charge in [0.15, 0.2) is 5.00 Å². The lowest BCUT2D eigenvalue weighted by Gasteiger charge is -2.33. The van der Waals surface area contributed by atoms with Gasteiger partial charge in [-0.25, -0.2) is 9.59 Å². The van der Waals surface area contributed by atoms with Crippen LogP contribution in [0.3, 0.4) is 0 Å². The van der Waals surface area contributed by atoms with E-state index in [9.17, 15) is 14.4 Å². The van der Waals surface area contributed by atoms with E-state index in [1.165, 1.54) is 38.5 Å². The third-order valence-electron chi connectivity index (χ3n) is 8.30. The van der Waals surface area contributed by atoms with Gasteiger partial charge in [-0.2, -0.15) is 0 Å². The van der Waals surface area contributed by atoms with Gasteiger partial charge in [0.1, 0.15) is 16.1 Å². The number of carbonyl (C=O) groups excluding carboxylic acids is 3. The van der Waals surface area contributed by atoms with Crippen molar-refractivity contribution in [2.24, 2.45) is 22.1 Å². The lowest BCUT2D eigenvalue weighted by Crippen LogP contribution is -2.34. The van der Waals surface area contributed by atoms with Crippen molar-refractivity contribution >= 4 is 51.2 Å². The molecule has 0 spiro atoms. The molecular formula is C36H56N4O5S. The molecule has 0 aliphatic rings. The Bertz CT molecular complexity index is 1270. The number of rotatable bonds is 21. The van der Waals surface area contributed by atoms with Crippen molar-refractivity contribution in [1.82, 2.24) is 0 Å². The number of carbonyl (C=O) groups is 3. The van der Waals surface area contributed by atoms with Crippen molar-refractivity contribution in [3.63, 3.8) is 0 Å². The maximum atomic E-state index is 12.9. The molecule has 1 heterocycles. The number of ether oxygens (including phenoxy) is 2. The Morgan fingerprint density at radius 1 is 0.848 bits per heavy atom. The molecule has 2 aromatic rings. The van der Waals surface area contributed by atoms with Crippen molar-refractivity contribution in [1.29, 1.82) is 0 Å². The van der Waals surface area contributed by atoms with E-state index in [2.05, 4.69) is 48.1 Å². The first-order valence-electron chi connectivity index (χ1n) is 17.3. The molecule has 1 N–H and O–H groups in total. The van der Waals surface area contributed by atoms with Gasteiger partial charge in [0.25, 0.3) is 0 Å². The first kappa shape index (κ1) is 38.9. The predicted molar refractivity (Wildman–Crippen MR) is 189 cm³/mol. The SMILES string of the molecule is CCCCC(CC)CN(CC(CC)CCCC)c1ccc(/N=N/c2sc(C(=O)OCC)c(C)c2C(=O)OCC)c(NC(=O)CC)c1. The van der Waals surface area contributed by atoms with Crippen molar-refractivity contribution in [2.75, 3.05) is 36.5 Å². The highest BCUT2D eigenvalue weighted by Gasteiger charge is 2.27. The summed E-state index contributed by atoms with van der Waals surface area (Å²) in [5.74, 6) is -0.0747. The van der Waals surface area contributed by atoms with Crippen LogP contribution in [0.1, 0.15) is 132 Å². The highest BCUT2D eigenvalue weighted by molar-refractivity contribution is 7.18. The number of hydrogen-bond acceptors (Lipinski definition) is 9. The summed E-state index contributed by atoms with van der Waals surface area (Å²) in [6, 6.07) is 5.91. The number of amides is 1. The second-order valence-corrected chi connectivity index (χ2v) is 12.7. The average molecular weight is 657 g/mol. The van der Waals surface area contributed by atoms with E-state index in [1.54, 1.807) is 20.8 Å². The standard InChI is InChI=1S/C36H56N4O5S/c1-9-16-18-26(11-3)23-40(24-27(12-4)19-17-10-2)28-20-21-29(30(22-28)37-31(41)13-5)38-39-34-32(35(42)44-14-6)25(8)33(46-34)36(43)45-15-7/h20-22,26-27H,9-19,23-24H2,1-8H3,(H,37,41)/b39-38+. The smallest absolute Gasteiger partial charge is 0.348 e. The van der Waals surface area contributed by atoms with Gasteiger partial charge in [-0.3, -0.25) is 4.79 Å². The zero-order valence-electron chi connectivity index (χ0n) is 29.4. The van der Waals surface area contributed by atoms with Gasteiger partial charge in [0, 0.05) is 25.2 Å². The number of nitrogens with one attached hydrogen (secondary N) is 1. The normalized spacial score (nSPS) is 12.6. The number of benzene rings is 1. The summed E-state index contributed by atoms with van der Waals surface area (Å²) in [6.45, 7) is 18.3. The molecule has 0 radical (unpaired) electrons. The number of anilines is 2. The first-order chi connectivity index (χ1) is 22.2. The lowest BCUT2D eigenvalue weighted by molar-refractivity contribution is -0.115. The fourth-order valence-corrected chi connectivity index (χ4v) is 6.40. The van der Waals surface area contributed by atoms with Crippen molar-refractivity contribution in [3.8, 4) is 0 Å². The Labute approximate surface area is 280 Å². The highest BCUT2D eigenvalue weighted by Crippen LogP contribution is 2.39. The first-order valence-corrected chi connectivity index (χ1v) is 18.1. The highest BCUT2D eigenvalue weighted by atomic mass is 32.1. The second-order valence-electron chi connectivity index (χ2n) is 11.7. The molecule has 1 aromatic heterocycles. The molecule has 0 saturated heterocycles. The zero-order chi connectivity index (χ0) is 34.1. The number of thiophene rings is 1. The van der Waals surface area contributed by atoms with Crippen LogP contribution in [-0.4, -0.2) is 44.1 Å². The molecule has 0 saturated carbocycles. The summed E-state index contributed by atoms with van der Waals surface area (Å²) in [5, 5.41) is 12.2. The van der Waals surface area contributed by atoms with Crippen LogP contribution in [0.25, 0.3) is 0 Å². The van der Waals surface area contributed by atoms with Crippen LogP contribution in [0.4, 0.5) is 22.1 Å². The van der Waals surface area contributed by atoms with Crippen molar-refractivity contribution < 1.29 is 23.9 Å². The number of esters is 2. The maximum Gasteiger partial charge on any atom is 0.348 e. The fourth-order valence-electron chi connectivity index (χ4n) is 5.39. The molecule has 2 rings (SSSR count). The molecule has 9 nitrogen and oxygen atoms in total. The van der Waals surface area contributed by atoms with Gasteiger partial charge in [0.2, 0.25) is 5.91 Å². The van der Waals surface area contributed by atoms with Crippen LogP contribution < -0.4 is 10.2 Å². The number of unbranched alkanes of at least 4 members (excludes halogenated alkanes) is 2. The minimum Gasteiger partial charge on any atom is -0.462 e. The molecule has 256 valence electrons. The van der Waals surface area contributed by atoms with Gasteiger partial charge in [0.05, 0.1) is 18.9 Å². The quantitative estimate of drug-likeness (QED) is 0.106. The second kappa shape index (κ2) is 20.8. The van der Waals surface area contributed by atoms with Crippen molar-refractivity contribution in [2.45, 2.75) is 113 Å². The summed E-state index contributed by atoms with van der Waals surface area (Å²) < 4.78 is 10.5. The fraction of sp³-hybridized carbons (Fsp3) is 0.639. The molecular weight excluding hydrogens is 600 g/mol. The third kappa shape index (κ3) is 11.5. The van der Waals surface area contributed by atoms with E-state index in [1.807, 2.05) is 25.1 Å². The number of azo groups is 1. The summed E-state index contributed by atoms with van der Waals surface area (Å²) in [6.07, 6.45) is 9.72. The molecule has 46 heavy (non-hydrogen) atoms. The van der Waals surface area contributed by atoms with Crippen LogP contribution >= 0.6 is 11.3 Å². The summed E-state index contributed by atoms with van der Waals surface area (Å²) in [5.41, 5.74) is 2.69. The van der Waals surface area contributed by atoms with E-state index in [0.29, 0.717) is 35.2 Å². The van der Waals surface area contributed by atoms with E-state index in [-0.39, 0.29) is 34.6 Å². The molecule has 1 amide bonds. The zero-order valence-corrected chi connectivity index (χ0v) is 30.2. The van der Waals surface area contributed by atoms with Gasteiger partial charge < -0.3 is 19.7 Å². The van der Waals surface area contributed by atoms with Gasteiger partial charge in [-0.1, -0.05) is 73.1 Å².